The minimum atomic E-state index is -0.216. The second-order valence-electron chi connectivity index (χ2n) is 3.60. The first-order valence-corrected chi connectivity index (χ1v) is 6.47. The molecule has 1 aromatic rings. The Kier molecular flexibility index (Phi) is 6.45. The van der Waals surface area contributed by atoms with Crippen LogP contribution >= 0.6 is 11.8 Å². The number of nitrogens with one attached hydrogen (secondary N) is 1. The first kappa shape index (κ1) is 13.5. The van der Waals surface area contributed by atoms with E-state index in [4.69, 9.17) is 5.11 Å². The van der Waals surface area contributed by atoms with Gasteiger partial charge in [-0.05, 0) is 31.2 Å². The summed E-state index contributed by atoms with van der Waals surface area (Å²) in [5.74, 6) is 0.534. The molecule has 0 saturated heterocycles. The number of rotatable bonds is 7. The van der Waals surface area contributed by atoms with Gasteiger partial charge in [-0.25, -0.2) is 4.39 Å². The van der Waals surface area contributed by atoms with Gasteiger partial charge in [-0.2, -0.15) is 0 Å². The number of hydrogen-bond donors (Lipinski definition) is 2. The zero-order valence-electron chi connectivity index (χ0n) is 9.45. The zero-order chi connectivity index (χ0) is 11.8. The molecule has 2 nitrogen and oxygen atoms in total. The van der Waals surface area contributed by atoms with E-state index in [9.17, 15) is 4.39 Å². The van der Waals surface area contributed by atoms with E-state index in [1.807, 2.05) is 6.07 Å². The standard InChI is InChI=1S/C12H18FNOS/c1-2-6-14-11(8-15)9-16-12-5-3-4-10(13)7-12/h3-5,7,11,14-15H,2,6,8-9H2,1H3. The van der Waals surface area contributed by atoms with Crippen LogP contribution in [0.2, 0.25) is 0 Å². The van der Waals surface area contributed by atoms with Crippen LogP contribution in [0, 0.1) is 5.82 Å². The molecule has 16 heavy (non-hydrogen) atoms. The van der Waals surface area contributed by atoms with Crippen LogP contribution in [0.3, 0.4) is 0 Å². The molecule has 0 radical (unpaired) electrons. The van der Waals surface area contributed by atoms with E-state index in [2.05, 4.69) is 12.2 Å². The Labute approximate surface area is 100 Å². The van der Waals surface area contributed by atoms with Crippen LogP contribution in [-0.4, -0.2) is 30.1 Å². The van der Waals surface area contributed by atoms with Crippen molar-refractivity contribution in [1.82, 2.24) is 5.32 Å². The molecule has 0 amide bonds. The van der Waals surface area contributed by atoms with Gasteiger partial charge in [-0.15, -0.1) is 11.8 Å². The second-order valence-corrected chi connectivity index (χ2v) is 4.70. The van der Waals surface area contributed by atoms with E-state index in [0.717, 1.165) is 23.6 Å². The Bertz CT molecular complexity index is 309. The van der Waals surface area contributed by atoms with Crippen molar-refractivity contribution in [2.45, 2.75) is 24.3 Å². The molecule has 0 aromatic heterocycles. The number of aliphatic hydroxyl groups is 1. The number of thioether (sulfide) groups is 1. The Hall–Kier alpha value is -0.580. The molecule has 1 unspecified atom stereocenters. The molecular formula is C12H18FNOS. The maximum atomic E-state index is 12.9. The number of benzene rings is 1. The van der Waals surface area contributed by atoms with Crippen molar-refractivity contribution in [3.8, 4) is 0 Å². The van der Waals surface area contributed by atoms with Crippen molar-refractivity contribution in [3.05, 3.63) is 30.1 Å². The molecule has 0 saturated carbocycles. The molecule has 0 aliphatic rings. The SMILES string of the molecule is CCCNC(CO)CSc1cccc(F)c1. The van der Waals surface area contributed by atoms with Gasteiger partial charge in [0, 0.05) is 16.7 Å². The van der Waals surface area contributed by atoms with Crippen molar-refractivity contribution in [1.29, 1.82) is 0 Å². The lowest BCUT2D eigenvalue weighted by atomic mass is 10.3. The molecule has 90 valence electrons. The fourth-order valence-electron chi connectivity index (χ4n) is 1.28. The monoisotopic (exact) mass is 243 g/mol. The third-order valence-electron chi connectivity index (χ3n) is 2.15. The molecular weight excluding hydrogens is 225 g/mol. The molecule has 0 fully saturated rings. The minimum absolute atomic E-state index is 0.0771. The van der Waals surface area contributed by atoms with Gasteiger partial charge in [0.2, 0.25) is 0 Å². The normalized spacial score (nSPS) is 12.7. The third kappa shape index (κ3) is 4.96. The van der Waals surface area contributed by atoms with Crippen LogP contribution < -0.4 is 5.32 Å². The fourth-order valence-corrected chi connectivity index (χ4v) is 2.27. The molecule has 1 aromatic carbocycles. The van der Waals surface area contributed by atoms with Crippen LogP contribution in [-0.2, 0) is 0 Å². The molecule has 1 atom stereocenters. The molecule has 1 rings (SSSR count). The van der Waals surface area contributed by atoms with Crippen molar-refractivity contribution < 1.29 is 9.50 Å². The summed E-state index contributed by atoms with van der Waals surface area (Å²) in [6, 6.07) is 6.60. The van der Waals surface area contributed by atoms with Crippen molar-refractivity contribution in [3.63, 3.8) is 0 Å². The summed E-state index contributed by atoms with van der Waals surface area (Å²) in [7, 11) is 0. The smallest absolute Gasteiger partial charge is 0.124 e. The topological polar surface area (TPSA) is 32.3 Å². The average molecular weight is 243 g/mol. The highest BCUT2D eigenvalue weighted by Gasteiger charge is 2.06. The number of aliphatic hydroxyl groups excluding tert-OH is 1. The first-order valence-electron chi connectivity index (χ1n) is 5.49. The van der Waals surface area contributed by atoms with E-state index in [0.29, 0.717) is 0 Å². The summed E-state index contributed by atoms with van der Waals surface area (Å²) in [5.41, 5.74) is 0. The van der Waals surface area contributed by atoms with E-state index in [-0.39, 0.29) is 18.5 Å². The van der Waals surface area contributed by atoms with Crippen LogP contribution in [0.4, 0.5) is 4.39 Å². The Morgan fingerprint density at radius 3 is 2.94 bits per heavy atom. The Balaban J connectivity index is 2.37. The van der Waals surface area contributed by atoms with Crippen LogP contribution in [0.25, 0.3) is 0 Å². The fraction of sp³-hybridized carbons (Fsp3) is 0.500. The van der Waals surface area contributed by atoms with Gasteiger partial charge in [0.25, 0.3) is 0 Å². The van der Waals surface area contributed by atoms with Gasteiger partial charge in [0.15, 0.2) is 0 Å². The van der Waals surface area contributed by atoms with E-state index in [1.54, 1.807) is 17.8 Å². The summed E-state index contributed by atoms with van der Waals surface area (Å²) in [5, 5.41) is 12.4. The number of hydrogen-bond acceptors (Lipinski definition) is 3. The van der Waals surface area contributed by atoms with E-state index in [1.165, 1.54) is 12.1 Å². The molecule has 0 aliphatic heterocycles. The molecule has 0 heterocycles. The van der Waals surface area contributed by atoms with Gasteiger partial charge in [-0.3, -0.25) is 0 Å². The predicted octanol–water partition coefficient (Wildman–Crippen LogP) is 2.28. The minimum Gasteiger partial charge on any atom is -0.395 e. The van der Waals surface area contributed by atoms with Crippen LogP contribution in [0.15, 0.2) is 29.2 Å². The van der Waals surface area contributed by atoms with Crippen molar-refractivity contribution >= 4 is 11.8 Å². The van der Waals surface area contributed by atoms with Gasteiger partial charge in [-0.1, -0.05) is 13.0 Å². The van der Waals surface area contributed by atoms with Crippen LogP contribution in [0.1, 0.15) is 13.3 Å². The second kappa shape index (κ2) is 7.65. The summed E-state index contributed by atoms with van der Waals surface area (Å²) in [6.07, 6.45) is 1.04. The van der Waals surface area contributed by atoms with Crippen molar-refractivity contribution in [2.75, 3.05) is 18.9 Å². The lowest BCUT2D eigenvalue weighted by molar-refractivity contribution is 0.254. The van der Waals surface area contributed by atoms with E-state index >= 15 is 0 Å². The quantitative estimate of drug-likeness (QED) is 0.721. The highest BCUT2D eigenvalue weighted by Crippen LogP contribution is 2.19. The van der Waals surface area contributed by atoms with Gasteiger partial charge < -0.3 is 10.4 Å². The molecule has 4 heteroatoms. The predicted molar refractivity (Wildman–Crippen MR) is 66.3 cm³/mol. The Morgan fingerprint density at radius 1 is 1.50 bits per heavy atom. The summed E-state index contributed by atoms with van der Waals surface area (Å²) < 4.78 is 12.9. The molecule has 2 N–H and O–H groups in total. The summed E-state index contributed by atoms with van der Waals surface area (Å²) >= 11 is 1.56. The number of halogens is 1. The average Bonchev–Trinajstić information content (AvgIpc) is 2.29. The summed E-state index contributed by atoms with van der Waals surface area (Å²) in [4.78, 5) is 0.900. The van der Waals surface area contributed by atoms with Gasteiger partial charge >= 0.3 is 0 Å². The van der Waals surface area contributed by atoms with Crippen LogP contribution in [0.5, 0.6) is 0 Å². The van der Waals surface area contributed by atoms with Gasteiger partial charge in [0.1, 0.15) is 5.82 Å². The lowest BCUT2D eigenvalue weighted by Crippen LogP contribution is -2.35. The summed E-state index contributed by atoms with van der Waals surface area (Å²) in [6.45, 7) is 3.10. The van der Waals surface area contributed by atoms with Crippen molar-refractivity contribution in [2.24, 2.45) is 0 Å². The molecule has 0 aliphatic carbocycles. The third-order valence-corrected chi connectivity index (χ3v) is 3.31. The maximum absolute atomic E-state index is 12.9. The van der Waals surface area contributed by atoms with Gasteiger partial charge in [0.05, 0.1) is 6.61 Å². The maximum Gasteiger partial charge on any atom is 0.124 e. The molecule has 0 bridgehead atoms. The zero-order valence-corrected chi connectivity index (χ0v) is 10.3. The molecule has 0 spiro atoms. The highest BCUT2D eigenvalue weighted by molar-refractivity contribution is 7.99. The first-order chi connectivity index (χ1) is 7.76. The highest BCUT2D eigenvalue weighted by atomic mass is 32.2. The largest absolute Gasteiger partial charge is 0.395 e. The Morgan fingerprint density at radius 2 is 2.31 bits per heavy atom. The van der Waals surface area contributed by atoms with E-state index < -0.39 is 0 Å². The lowest BCUT2D eigenvalue weighted by Gasteiger charge is -2.15.